The van der Waals surface area contributed by atoms with Crippen LogP contribution in [0.5, 0.6) is 0 Å². The Balaban J connectivity index is 2.79. The summed E-state index contributed by atoms with van der Waals surface area (Å²) >= 11 is 0. The summed E-state index contributed by atoms with van der Waals surface area (Å²) in [6.45, 7) is 5.71. The molecule has 0 aliphatic heterocycles. The molecule has 0 aromatic carbocycles. The highest BCUT2D eigenvalue weighted by molar-refractivity contribution is 5.57. The van der Waals surface area contributed by atoms with E-state index in [1.165, 1.54) is 0 Å². The predicted molar refractivity (Wildman–Crippen MR) is 72.3 cm³/mol. The second kappa shape index (κ2) is 5.09. The van der Waals surface area contributed by atoms with Crippen molar-refractivity contribution in [3.8, 4) is 11.5 Å². The molecule has 2 heterocycles. The minimum absolute atomic E-state index is 0.0365. The topological polar surface area (TPSA) is 98.0 Å². The Morgan fingerprint density at radius 1 is 1.37 bits per heavy atom. The zero-order valence-electron chi connectivity index (χ0n) is 11.1. The van der Waals surface area contributed by atoms with Crippen molar-refractivity contribution in [1.29, 1.82) is 5.41 Å². The Labute approximate surface area is 109 Å². The molecule has 0 saturated carbocycles. The highest BCUT2D eigenvalue weighted by Gasteiger charge is 2.16. The van der Waals surface area contributed by atoms with Crippen molar-refractivity contribution in [3.63, 3.8) is 0 Å². The van der Waals surface area contributed by atoms with Gasteiger partial charge in [0.05, 0.1) is 5.69 Å². The van der Waals surface area contributed by atoms with Crippen LogP contribution in [-0.2, 0) is 0 Å². The summed E-state index contributed by atoms with van der Waals surface area (Å²) in [5, 5.41) is 6.97. The average Bonchev–Trinajstić information content (AvgIpc) is 2.75. The molecule has 0 bridgehead atoms. The van der Waals surface area contributed by atoms with Gasteiger partial charge in [0.1, 0.15) is 12.1 Å². The predicted octanol–water partition coefficient (Wildman–Crippen LogP) is 1.90. The number of furan rings is 1. The van der Waals surface area contributed by atoms with Crippen LogP contribution in [0.1, 0.15) is 31.1 Å². The van der Waals surface area contributed by atoms with Crippen LogP contribution in [0.2, 0.25) is 0 Å². The molecule has 19 heavy (non-hydrogen) atoms. The average molecular weight is 260 g/mol. The number of hydrogen-bond acceptors (Lipinski definition) is 3. The number of nitrogens with one attached hydrogen (secondary N) is 3. The van der Waals surface area contributed by atoms with Gasteiger partial charge in [0.2, 0.25) is 5.62 Å². The highest BCUT2D eigenvalue weighted by atomic mass is 16.3. The number of aryl methyl sites for hydroxylation is 1. The quantitative estimate of drug-likeness (QED) is 0.580. The third kappa shape index (κ3) is 2.57. The summed E-state index contributed by atoms with van der Waals surface area (Å²) in [6, 6.07) is 3.64. The number of aromatic nitrogens is 2. The van der Waals surface area contributed by atoms with E-state index in [1.54, 1.807) is 6.07 Å². The molecule has 6 heteroatoms. The van der Waals surface area contributed by atoms with E-state index in [2.05, 4.69) is 15.0 Å². The fourth-order valence-electron chi connectivity index (χ4n) is 1.95. The van der Waals surface area contributed by atoms with Gasteiger partial charge in [-0.25, -0.2) is 4.99 Å². The van der Waals surface area contributed by atoms with Gasteiger partial charge in [-0.05, 0) is 25.0 Å². The van der Waals surface area contributed by atoms with Gasteiger partial charge in [-0.2, -0.15) is 0 Å². The molecule has 0 aliphatic carbocycles. The second-order valence-electron chi connectivity index (χ2n) is 4.54. The molecule has 0 saturated heterocycles. The zero-order valence-corrected chi connectivity index (χ0v) is 11.1. The Kier molecular flexibility index (Phi) is 3.50. The molecule has 2 aromatic rings. The first-order chi connectivity index (χ1) is 9.02. The van der Waals surface area contributed by atoms with E-state index < -0.39 is 0 Å². The highest BCUT2D eigenvalue weighted by Crippen LogP contribution is 2.24. The maximum absolute atomic E-state index is 12.1. The van der Waals surface area contributed by atoms with Crippen molar-refractivity contribution in [2.45, 2.75) is 26.7 Å². The molecule has 100 valence electrons. The number of hydrogen-bond donors (Lipinski definition) is 3. The first-order valence-corrected chi connectivity index (χ1v) is 5.99. The zero-order chi connectivity index (χ0) is 14.0. The molecule has 0 amide bonds. The molecular weight excluding hydrogens is 244 g/mol. The summed E-state index contributed by atoms with van der Waals surface area (Å²) in [4.78, 5) is 21.5. The molecule has 0 unspecified atom stereocenters. The molecule has 0 aliphatic rings. The van der Waals surface area contributed by atoms with Crippen LogP contribution in [0.4, 0.5) is 0 Å². The van der Waals surface area contributed by atoms with E-state index in [9.17, 15) is 4.79 Å². The lowest BCUT2D eigenvalue weighted by Gasteiger charge is -2.09. The minimum Gasteiger partial charge on any atom is -0.460 e. The summed E-state index contributed by atoms with van der Waals surface area (Å²) in [5.74, 6) is 1.40. The van der Waals surface area contributed by atoms with Gasteiger partial charge in [-0.15, -0.1) is 0 Å². The Hall–Kier alpha value is -2.37. The van der Waals surface area contributed by atoms with Crippen molar-refractivity contribution in [2.24, 2.45) is 4.99 Å². The molecular formula is C13H16N4O2. The standard InChI is InChI=1S/C13H16N4O2/c1-7(2)10-11(9-5-4-8(3)19-9)16-13(15-6-14)17-12(10)18/h4-7H,1-3H3,(H3,14,15,16,17,18). The van der Waals surface area contributed by atoms with Crippen LogP contribution in [0, 0.1) is 12.3 Å². The molecule has 3 N–H and O–H groups in total. The smallest absolute Gasteiger partial charge is 0.256 e. The molecule has 2 aromatic heterocycles. The Bertz CT molecular complexity index is 719. The van der Waals surface area contributed by atoms with Crippen molar-refractivity contribution in [1.82, 2.24) is 9.97 Å². The SMILES string of the molecule is Cc1ccc(-c2[nH]/c(=N/C=N)[nH]c(=O)c2C(C)C)o1. The van der Waals surface area contributed by atoms with E-state index in [4.69, 9.17) is 9.83 Å². The van der Waals surface area contributed by atoms with Gasteiger partial charge >= 0.3 is 0 Å². The van der Waals surface area contributed by atoms with Gasteiger partial charge in [-0.3, -0.25) is 15.2 Å². The van der Waals surface area contributed by atoms with E-state index in [0.717, 1.165) is 12.1 Å². The molecule has 0 spiro atoms. The minimum atomic E-state index is -0.224. The summed E-state index contributed by atoms with van der Waals surface area (Å²) in [5.41, 5.74) is 1.22. The summed E-state index contributed by atoms with van der Waals surface area (Å²) in [6.07, 6.45) is 0.869. The summed E-state index contributed by atoms with van der Waals surface area (Å²) < 4.78 is 5.57. The van der Waals surface area contributed by atoms with Crippen LogP contribution in [0.3, 0.4) is 0 Å². The lowest BCUT2D eigenvalue weighted by Crippen LogP contribution is -2.28. The molecule has 0 fully saturated rings. The van der Waals surface area contributed by atoms with Crippen LogP contribution in [0.15, 0.2) is 26.3 Å². The largest absolute Gasteiger partial charge is 0.460 e. The lowest BCUT2D eigenvalue weighted by molar-refractivity contribution is 0.544. The van der Waals surface area contributed by atoms with Crippen LogP contribution < -0.4 is 11.2 Å². The first kappa shape index (κ1) is 13.1. The number of rotatable bonds is 3. The monoisotopic (exact) mass is 260 g/mol. The Morgan fingerprint density at radius 2 is 2.11 bits per heavy atom. The number of H-pyrrole nitrogens is 2. The normalized spacial score (nSPS) is 12.1. The third-order valence-electron chi connectivity index (χ3n) is 2.75. The molecule has 0 atom stereocenters. The van der Waals surface area contributed by atoms with Crippen LogP contribution in [0.25, 0.3) is 11.5 Å². The van der Waals surface area contributed by atoms with Gasteiger partial charge in [0.25, 0.3) is 5.56 Å². The van der Waals surface area contributed by atoms with Crippen LogP contribution in [-0.4, -0.2) is 16.3 Å². The van der Waals surface area contributed by atoms with Gasteiger partial charge in [-0.1, -0.05) is 13.8 Å². The van der Waals surface area contributed by atoms with E-state index in [0.29, 0.717) is 17.0 Å². The van der Waals surface area contributed by atoms with E-state index >= 15 is 0 Å². The second-order valence-corrected chi connectivity index (χ2v) is 4.54. The maximum Gasteiger partial charge on any atom is 0.256 e. The van der Waals surface area contributed by atoms with E-state index in [1.807, 2.05) is 26.8 Å². The van der Waals surface area contributed by atoms with Gasteiger partial charge < -0.3 is 9.40 Å². The number of aromatic amines is 2. The third-order valence-corrected chi connectivity index (χ3v) is 2.75. The van der Waals surface area contributed by atoms with Crippen molar-refractivity contribution >= 4 is 6.34 Å². The summed E-state index contributed by atoms with van der Waals surface area (Å²) in [7, 11) is 0. The van der Waals surface area contributed by atoms with Gasteiger partial charge in [0.15, 0.2) is 5.76 Å². The maximum atomic E-state index is 12.1. The van der Waals surface area contributed by atoms with Crippen molar-refractivity contribution in [3.05, 3.63) is 39.4 Å². The van der Waals surface area contributed by atoms with Gasteiger partial charge in [0, 0.05) is 5.56 Å². The fourth-order valence-corrected chi connectivity index (χ4v) is 1.95. The van der Waals surface area contributed by atoms with E-state index in [-0.39, 0.29) is 17.1 Å². The fraction of sp³-hybridized carbons (Fsp3) is 0.308. The molecule has 2 rings (SSSR count). The molecule has 0 radical (unpaired) electrons. The lowest BCUT2D eigenvalue weighted by atomic mass is 10.0. The number of nitrogens with zero attached hydrogens (tertiary/aromatic N) is 1. The van der Waals surface area contributed by atoms with Crippen LogP contribution >= 0.6 is 0 Å². The van der Waals surface area contributed by atoms with Crippen molar-refractivity contribution in [2.75, 3.05) is 0 Å². The molecule has 6 nitrogen and oxygen atoms in total. The Morgan fingerprint density at radius 3 is 2.63 bits per heavy atom. The van der Waals surface area contributed by atoms with Crippen molar-refractivity contribution < 1.29 is 4.42 Å². The first-order valence-electron chi connectivity index (χ1n) is 5.99.